The lowest BCUT2D eigenvalue weighted by Gasteiger charge is -2.42. The molecule has 0 radical (unpaired) electrons. The number of rotatable bonds is 1. The van der Waals surface area contributed by atoms with Crippen LogP contribution in [0.1, 0.15) is 25.0 Å². The molecule has 0 aliphatic carbocycles. The van der Waals surface area contributed by atoms with Crippen molar-refractivity contribution in [2.24, 2.45) is 0 Å². The molecule has 2 rings (SSSR count). The molecule has 1 aromatic rings. The normalized spacial score (nSPS) is 17.9. The highest BCUT2D eigenvalue weighted by Crippen LogP contribution is 2.29. The second kappa shape index (κ2) is 4.39. The number of anilines is 1. The standard InChI is InChI=1S/C14H15N3O2/c1-9-4-5-11(10(6-9)7-15)17-8-12(18)16-13(19)14(17,2)3/h4-6H,8H2,1-3H3,(H,16,18,19). The van der Waals surface area contributed by atoms with Crippen LogP contribution in [0.2, 0.25) is 0 Å². The van der Waals surface area contributed by atoms with Crippen molar-refractivity contribution < 1.29 is 9.59 Å². The molecule has 0 aromatic heterocycles. The maximum atomic E-state index is 11.9. The van der Waals surface area contributed by atoms with E-state index in [0.29, 0.717) is 11.3 Å². The van der Waals surface area contributed by atoms with E-state index >= 15 is 0 Å². The van der Waals surface area contributed by atoms with E-state index < -0.39 is 5.54 Å². The first kappa shape index (κ1) is 13.1. The van der Waals surface area contributed by atoms with Crippen molar-refractivity contribution in [2.45, 2.75) is 26.3 Å². The van der Waals surface area contributed by atoms with E-state index in [-0.39, 0.29) is 18.4 Å². The summed E-state index contributed by atoms with van der Waals surface area (Å²) < 4.78 is 0. The number of benzene rings is 1. The van der Waals surface area contributed by atoms with Gasteiger partial charge in [0.15, 0.2) is 0 Å². The van der Waals surface area contributed by atoms with Gasteiger partial charge in [-0.05, 0) is 38.5 Å². The molecule has 1 fully saturated rings. The molecule has 1 aliphatic heterocycles. The summed E-state index contributed by atoms with van der Waals surface area (Å²) in [6, 6.07) is 7.51. The van der Waals surface area contributed by atoms with Crippen molar-refractivity contribution in [2.75, 3.05) is 11.4 Å². The molecule has 5 heteroatoms. The first-order valence-corrected chi connectivity index (χ1v) is 5.99. The van der Waals surface area contributed by atoms with Gasteiger partial charge < -0.3 is 4.90 Å². The average Bonchev–Trinajstić information content (AvgIpc) is 2.34. The molecule has 98 valence electrons. The number of carbonyl (C=O) groups excluding carboxylic acids is 2. The number of nitrogens with zero attached hydrogens (tertiary/aromatic N) is 2. The third kappa shape index (κ3) is 2.17. The zero-order valence-corrected chi connectivity index (χ0v) is 11.2. The van der Waals surface area contributed by atoms with Gasteiger partial charge in [-0.15, -0.1) is 0 Å². The van der Waals surface area contributed by atoms with Gasteiger partial charge in [0.05, 0.1) is 17.8 Å². The number of hydrogen-bond donors (Lipinski definition) is 1. The van der Waals surface area contributed by atoms with E-state index in [1.165, 1.54) is 0 Å². The van der Waals surface area contributed by atoms with Crippen LogP contribution in [0.15, 0.2) is 18.2 Å². The van der Waals surface area contributed by atoms with E-state index in [0.717, 1.165) is 5.56 Å². The first-order valence-electron chi connectivity index (χ1n) is 5.99. The Morgan fingerprint density at radius 1 is 1.37 bits per heavy atom. The molecule has 0 bridgehead atoms. The average molecular weight is 257 g/mol. The van der Waals surface area contributed by atoms with Crippen LogP contribution in [-0.4, -0.2) is 23.9 Å². The van der Waals surface area contributed by atoms with Crippen LogP contribution >= 0.6 is 0 Å². The minimum absolute atomic E-state index is 0.0660. The lowest BCUT2D eigenvalue weighted by Crippen LogP contribution is -2.64. The van der Waals surface area contributed by atoms with Gasteiger partial charge in [-0.1, -0.05) is 6.07 Å². The molecule has 0 atom stereocenters. The van der Waals surface area contributed by atoms with E-state index in [9.17, 15) is 14.9 Å². The quantitative estimate of drug-likeness (QED) is 0.765. The maximum Gasteiger partial charge on any atom is 0.251 e. The number of hydrogen-bond acceptors (Lipinski definition) is 4. The highest BCUT2D eigenvalue weighted by molar-refractivity contribution is 6.06. The lowest BCUT2D eigenvalue weighted by molar-refractivity contribution is -0.135. The van der Waals surface area contributed by atoms with Crippen LogP contribution in [0.25, 0.3) is 0 Å². The Morgan fingerprint density at radius 2 is 2.05 bits per heavy atom. The Hall–Kier alpha value is -2.35. The number of carbonyl (C=O) groups is 2. The van der Waals surface area contributed by atoms with E-state index in [1.54, 1.807) is 30.9 Å². The predicted molar refractivity (Wildman–Crippen MR) is 70.5 cm³/mol. The van der Waals surface area contributed by atoms with Crippen LogP contribution in [-0.2, 0) is 9.59 Å². The number of piperazine rings is 1. The largest absolute Gasteiger partial charge is 0.347 e. The van der Waals surface area contributed by atoms with Crippen molar-refractivity contribution in [1.29, 1.82) is 5.26 Å². The SMILES string of the molecule is Cc1ccc(N2CC(=O)NC(=O)C2(C)C)c(C#N)c1. The molecule has 19 heavy (non-hydrogen) atoms. The minimum Gasteiger partial charge on any atom is -0.347 e. The van der Waals surface area contributed by atoms with Gasteiger partial charge in [-0.25, -0.2) is 0 Å². The molecule has 1 N–H and O–H groups in total. The van der Waals surface area contributed by atoms with Crippen LogP contribution in [0.5, 0.6) is 0 Å². The molecule has 0 unspecified atom stereocenters. The second-order valence-electron chi connectivity index (χ2n) is 5.15. The Balaban J connectivity index is 2.53. The minimum atomic E-state index is -0.866. The molecule has 0 saturated carbocycles. The van der Waals surface area contributed by atoms with Crippen molar-refractivity contribution in [3.05, 3.63) is 29.3 Å². The monoisotopic (exact) mass is 257 g/mol. The van der Waals surface area contributed by atoms with Crippen molar-refractivity contribution in [3.8, 4) is 6.07 Å². The summed E-state index contributed by atoms with van der Waals surface area (Å²) in [7, 11) is 0. The summed E-state index contributed by atoms with van der Waals surface area (Å²) in [4.78, 5) is 25.1. The summed E-state index contributed by atoms with van der Waals surface area (Å²) in [5.74, 6) is -0.706. The number of nitrogens with one attached hydrogen (secondary N) is 1. The summed E-state index contributed by atoms with van der Waals surface area (Å²) in [5.41, 5.74) is 1.18. The third-order valence-corrected chi connectivity index (χ3v) is 3.35. The Labute approximate surface area is 111 Å². The van der Waals surface area contributed by atoms with E-state index in [2.05, 4.69) is 11.4 Å². The Kier molecular flexibility index (Phi) is 3.03. The fourth-order valence-corrected chi connectivity index (χ4v) is 2.14. The number of aryl methyl sites for hydroxylation is 1. The zero-order chi connectivity index (χ0) is 14.2. The second-order valence-corrected chi connectivity index (χ2v) is 5.15. The fourth-order valence-electron chi connectivity index (χ4n) is 2.14. The van der Waals surface area contributed by atoms with Crippen LogP contribution in [0, 0.1) is 18.3 Å². The molecule has 1 aliphatic rings. The first-order chi connectivity index (χ1) is 8.86. The third-order valence-electron chi connectivity index (χ3n) is 3.35. The van der Waals surface area contributed by atoms with Crippen LogP contribution in [0.4, 0.5) is 5.69 Å². The summed E-state index contributed by atoms with van der Waals surface area (Å²) in [6.07, 6.45) is 0. The van der Waals surface area contributed by atoms with E-state index in [1.807, 2.05) is 13.0 Å². The smallest absolute Gasteiger partial charge is 0.251 e. The molecular weight excluding hydrogens is 242 g/mol. The molecule has 2 amide bonds. The van der Waals surface area contributed by atoms with Crippen molar-refractivity contribution in [3.63, 3.8) is 0 Å². The van der Waals surface area contributed by atoms with Gasteiger partial charge in [0.1, 0.15) is 11.6 Å². The summed E-state index contributed by atoms with van der Waals surface area (Å²) >= 11 is 0. The highest BCUT2D eigenvalue weighted by Gasteiger charge is 2.41. The zero-order valence-electron chi connectivity index (χ0n) is 11.2. The number of imide groups is 1. The Bertz CT molecular complexity index is 599. The molecular formula is C14H15N3O2. The summed E-state index contributed by atoms with van der Waals surface area (Å²) in [6.45, 7) is 5.42. The topological polar surface area (TPSA) is 73.2 Å². The molecule has 1 heterocycles. The fraction of sp³-hybridized carbons (Fsp3) is 0.357. The maximum absolute atomic E-state index is 11.9. The van der Waals surface area contributed by atoms with Gasteiger partial charge in [0.25, 0.3) is 5.91 Å². The van der Waals surface area contributed by atoms with Gasteiger partial charge in [-0.2, -0.15) is 5.26 Å². The lowest BCUT2D eigenvalue weighted by atomic mass is 9.96. The molecule has 5 nitrogen and oxygen atoms in total. The van der Waals surface area contributed by atoms with Gasteiger partial charge in [-0.3, -0.25) is 14.9 Å². The van der Waals surface area contributed by atoms with Crippen LogP contribution < -0.4 is 10.2 Å². The van der Waals surface area contributed by atoms with Gasteiger partial charge >= 0.3 is 0 Å². The van der Waals surface area contributed by atoms with E-state index in [4.69, 9.17) is 0 Å². The van der Waals surface area contributed by atoms with Crippen molar-refractivity contribution in [1.82, 2.24) is 5.32 Å². The Morgan fingerprint density at radius 3 is 2.68 bits per heavy atom. The molecule has 1 aromatic carbocycles. The predicted octanol–water partition coefficient (Wildman–Crippen LogP) is 1.11. The van der Waals surface area contributed by atoms with Gasteiger partial charge in [0, 0.05) is 0 Å². The molecule has 0 spiro atoms. The highest BCUT2D eigenvalue weighted by atomic mass is 16.2. The summed E-state index contributed by atoms with van der Waals surface area (Å²) in [5, 5.41) is 11.5. The molecule has 1 saturated heterocycles. The van der Waals surface area contributed by atoms with Crippen LogP contribution in [0.3, 0.4) is 0 Å². The van der Waals surface area contributed by atoms with Gasteiger partial charge in [0.2, 0.25) is 5.91 Å². The number of amides is 2. The van der Waals surface area contributed by atoms with Crippen molar-refractivity contribution >= 4 is 17.5 Å². The number of nitriles is 1.